The van der Waals surface area contributed by atoms with E-state index in [4.69, 9.17) is 76.8 Å². The van der Waals surface area contributed by atoms with E-state index in [1.807, 2.05) is 0 Å². The molecule has 0 spiro atoms. The molecule has 0 bridgehead atoms. The Balaban J connectivity index is 1.81. The lowest BCUT2D eigenvalue weighted by Crippen LogP contribution is -2.64. The van der Waals surface area contributed by atoms with Gasteiger partial charge in [0.25, 0.3) is 0 Å². The van der Waals surface area contributed by atoms with Gasteiger partial charge in [-0.2, -0.15) is 0 Å². The lowest BCUT2D eigenvalue weighted by Gasteiger charge is -2.42. The van der Waals surface area contributed by atoms with Crippen molar-refractivity contribution in [3.63, 3.8) is 0 Å². The second kappa shape index (κ2) is 54.9. The zero-order valence-corrected chi connectivity index (χ0v) is 57.2. The van der Waals surface area contributed by atoms with E-state index in [-0.39, 0.29) is 204 Å². The van der Waals surface area contributed by atoms with Crippen LogP contribution in [0.15, 0.2) is 0 Å². The molecule has 0 aromatic rings. The van der Waals surface area contributed by atoms with Gasteiger partial charge >= 0.3 is 0 Å². The Bertz CT molecular complexity index is 2100. The van der Waals surface area contributed by atoms with Crippen molar-refractivity contribution in [3.8, 4) is 0 Å². The molecule has 14 atom stereocenters. The predicted octanol–water partition coefficient (Wildman–Crippen LogP) is -8.89. The Kier molecular flexibility index (Phi) is 50.1. The van der Waals surface area contributed by atoms with E-state index >= 15 is 0 Å². The molecule has 2 rings (SSSR count). The molecule has 0 radical (unpaired) electrons. The first-order valence-electron chi connectivity index (χ1n) is 33.1. The molecule has 13 unspecified atom stereocenters. The van der Waals surface area contributed by atoms with Crippen molar-refractivity contribution in [1.82, 2.24) is 37.2 Å². The van der Waals surface area contributed by atoms with Crippen LogP contribution in [0.25, 0.3) is 0 Å². The normalized spacial score (nSPS) is 22.4. The molecule has 2 aliphatic rings. The van der Waals surface area contributed by atoms with Crippen LogP contribution in [0.4, 0.5) is 0 Å². The Morgan fingerprint density at radius 3 is 1.10 bits per heavy atom. The van der Waals surface area contributed by atoms with Gasteiger partial charge in [-0.15, -0.1) is 0 Å². The molecule has 2 saturated heterocycles. The van der Waals surface area contributed by atoms with Gasteiger partial charge < -0.3 is 160 Å². The number of ether oxygens (including phenoxy) is 15. The average Bonchev–Trinajstić information content (AvgIpc) is 0.808. The molecule has 99 heavy (non-hydrogen) atoms. The van der Waals surface area contributed by atoms with E-state index in [9.17, 15) is 79.5 Å². The molecule has 0 aliphatic carbocycles. The number of hydrogen-bond donors (Lipinski definition) is 17. The van der Waals surface area contributed by atoms with Gasteiger partial charge in [-0.25, -0.2) is 0 Å². The van der Waals surface area contributed by atoms with Gasteiger partial charge in [0, 0.05) is 65.2 Å². The summed E-state index contributed by atoms with van der Waals surface area (Å²) in [6, 6.07) is -3.49. The fourth-order valence-corrected chi connectivity index (χ4v) is 9.56. The zero-order valence-electron chi connectivity index (χ0n) is 57.2. The lowest BCUT2D eigenvalue weighted by atomic mass is 9.83. The maximum atomic E-state index is 13.2. The van der Waals surface area contributed by atoms with E-state index in [0.717, 1.165) is 0 Å². The molecular weight excluding hydrogens is 1330 g/mol. The van der Waals surface area contributed by atoms with Crippen molar-refractivity contribution in [2.75, 3.05) is 185 Å². The number of aliphatic hydroxyl groups excluding tert-OH is 8. The number of amides is 7. The number of nitrogens with one attached hydrogen (secondary N) is 7. The summed E-state index contributed by atoms with van der Waals surface area (Å²) in [5.41, 5.74) is 4.49. The summed E-state index contributed by atoms with van der Waals surface area (Å²) in [7, 11) is 0. The van der Waals surface area contributed by atoms with Gasteiger partial charge in [-0.1, -0.05) is 0 Å². The molecule has 0 aromatic carbocycles. The van der Waals surface area contributed by atoms with Gasteiger partial charge in [0.05, 0.1) is 171 Å². The fraction of sp³-hybridized carbons (Fsp3) is 0.883. The number of rotatable bonds is 60. The second-order valence-electron chi connectivity index (χ2n) is 22.7. The van der Waals surface area contributed by atoms with Crippen molar-refractivity contribution in [3.05, 3.63) is 0 Å². The summed E-state index contributed by atoms with van der Waals surface area (Å²) in [4.78, 5) is 87.5. The van der Waals surface area contributed by atoms with Crippen molar-refractivity contribution < 1.29 is 151 Å². The van der Waals surface area contributed by atoms with Crippen molar-refractivity contribution in [2.24, 2.45) is 5.73 Å². The number of aliphatic hydroxyl groups is 9. The molecule has 7 amide bonds. The van der Waals surface area contributed by atoms with Crippen LogP contribution < -0.4 is 43.0 Å². The van der Waals surface area contributed by atoms with Crippen LogP contribution >= 0.6 is 0 Å². The first-order chi connectivity index (χ1) is 47.5. The largest absolute Gasteiger partial charge is 0.394 e. The minimum atomic E-state index is -2.01. The quantitative estimate of drug-likeness (QED) is 0.0199. The Hall–Kier alpha value is -4.71. The number of carbonyl (C=O) groups is 7. The predicted molar refractivity (Wildman–Crippen MR) is 340 cm³/mol. The molecule has 578 valence electrons. The highest BCUT2D eigenvalue weighted by atomic mass is 16.7. The minimum Gasteiger partial charge on any atom is -0.394 e. The van der Waals surface area contributed by atoms with Crippen LogP contribution in [0.1, 0.15) is 66.2 Å². The second-order valence-corrected chi connectivity index (χ2v) is 22.7. The SMILES string of the molecule is CC(=O)NC(C(O)O)C(OCCOCCOCCOCCNC(=O)CCC(CCC(=O)NCCOCCOCCOCCOC1OC(CO)C(O)C(O)C1NC(C)=O)(CCC(=O)NCCOCCOCCOCCOC1OC(CO)C(O)[C@H](O)C1NC(C)=O)NC(=O)CN)OC(C)CO. The van der Waals surface area contributed by atoms with Gasteiger partial charge in [-0.05, 0) is 26.2 Å². The van der Waals surface area contributed by atoms with Gasteiger partial charge in [0.1, 0.15) is 54.7 Å². The van der Waals surface area contributed by atoms with E-state index < -0.39 is 153 Å². The Morgan fingerprint density at radius 1 is 0.465 bits per heavy atom. The first kappa shape index (κ1) is 90.4. The monoisotopic (exact) mass is 1440 g/mol. The van der Waals surface area contributed by atoms with Crippen molar-refractivity contribution in [1.29, 1.82) is 0 Å². The smallest absolute Gasteiger partial charge is 0.234 e. The third-order valence-corrected chi connectivity index (χ3v) is 14.7. The number of hydrogen-bond acceptors (Lipinski definition) is 32. The molecule has 2 heterocycles. The van der Waals surface area contributed by atoms with Crippen LogP contribution in [-0.4, -0.2) is 364 Å². The minimum absolute atomic E-state index is 0.00587. The highest BCUT2D eigenvalue weighted by Crippen LogP contribution is 2.27. The Morgan fingerprint density at radius 2 is 0.798 bits per heavy atom. The zero-order chi connectivity index (χ0) is 73.2. The van der Waals surface area contributed by atoms with Crippen molar-refractivity contribution in [2.45, 2.75) is 158 Å². The number of nitrogens with two attached hydrogens (primary N) is 1. The first-order valence-corrected chi connectivity index (χ1v) is 33.1. The maximum absolute atomic E-state index is 13.2. The molecule has 39 heteroatoms. The molecule has 0 aromatic heterocycles. The summed E-state index contributed by atoms with van der Waals surface area (Å²) in [6.07, 6.45) is -14.6. The van der Waals surface area contributed by atoms with Crippen LogP contribution in [0.3, 0.4) is 0 Å². The molecule has 2 fully saturated rings. The van der Waals surface area contributed by atoms with Gasteiger partial charge in [0.15, 0.2) is 25.2 Å². The van der Waals surface area contributed by atoms with Crippen LogP contribution in [-0.2, 0) is 105 Å². The fourth-order valence-electron chi connectivity index (χ4n) is 9.56. The van der Waals surface area contributed by atoms with Crippen LogP contribution in [0, 0.1) is 0 Å². The van der Waals surface area contributed by atoms with E-state index in [1.54, 1.807) is 0 Å². The summed E-state index contributed by atoms with van der Waals surface area (Å²) in [5.74, 6) is -3.28. The van der Waals surface area contributed by atoms with Gasteiger partial charge in [-0.3, -0.25) is 33.6 Å². The molecule has 0 saturated carbocycles. The number of carbonyl (C=O) groups excluding carboxylic acids is 7. The Labute approximate surface area is 575 Å². The van der Waals surface area contributed by atoms with E-state index in [0.29, 0.717) is 0 Å². The van der Waals surface area contributed by atoms with Crippen LogP contribution in [0.5, 0.6) is 0 Å². The summed E-state index contributed by atoms with van der Waals surface area (Å²) >= 11 is 0. The van der Waals surface area contributed by atoms with Gasteiger partial charge in [0.2, 0.25) is 41.4 Å². The average molecular weight is 1440 g/mol. The molecular formula is C60H112N8O31. The van der Waals surface area contributed by atoms with E-state index in [2.05, 4.69) is 37.2 Å². The van der Waals surface area contributed by atoms with Crippen molar-refractivity contribution >= 4 is 41.4 Å². The summed E-state index contributed by atoms with van der Waals surface area (Å²) in [5, 5.41) is 107. The van der Waals surface area contributed by atoms with E-state index in [1.165, 1.54) is 27.7 Å². The lowest BCUT2D eigenvalue weighted by molar-refractivity contribution is -0.272. The maximum Gasteiger partial charge on any atom is 0.234 e. The molecule has 18 N–H and O–H groups in total. The highest BCUT2D eigenvalue weighted by Gasteiger charge is 2.47. The highest BCUT2D eigenvalue weighted by molar-refractivity contribution is 5.81. The molecule has 39 nitrogen and oxygen atoms in total. The third kappa shape index (κ3) is 40.7. The standard InChI is InChI=1S/C60H112N8O31/c1-39(36-69)97-59(51(56(83)84)67-42(4)74)96-34-31-93-28-25-90-22-19-87-16-13-64-47(77)7-10-60(68-48(78)35-61,8-5-45(75)62-11-14-85-17-20-88-23-26-91-29-32-94-57-49(65-40(2)72)54(81)52(79)43(37-70)98-57)9-6-46(76)63-12-15-86-18-21-89-24-27-92-30-33-95-58-50(66-41(3)73)55(82)53(80)44(38-71)99-58/h39,43-44,49-59,69-71,79-84H,5-38,61H2,1-4H3,(H,62,75)(H,63,76)(H,64,77)(H,65,72)(H,66,73)(H,67,74)(H,68,78)/t39?,43?,44?,49?,50?,51?,52?,53?,54-,55?,57?,58?,59?,60?/m1/s1. The summed E-state index contributed by atoms with van der Waals surface area (Å²) in [6.45, 7) is 6.43. The summed E-state index contributed by atoms with van der Waals surface area (Å²) < 4.78 is 83.1. The topological polar surface area (TPSA) is 550 Å². The third-order valence-electron chi connectivity index (χ3n) is 14.7. The molecule has 2 aliphatic heterocycles. The van der Waals surface area contributed by atoms with Crippen LogP contribution in [0.2, 0.25) is 0 Å².